The van der Waals surface area contributed by atoms with Gasteiger partial charge < -0.3 is 4.74 Å². The normalized spacial score (nSPS) is 9.56. The number of rotatable bonds is 2. The summed E-state index contributed by atoms with van der Waals surface area (Å²) >= 11 is 5.14. The molecule has 0 amide bonds. The van der Waals surface area contributed by atoms with Crippen LogP contribution in [0.2, 0.25) is 0 Å². The van der Waals surface area contributed by atoms with E-state index in [1.165, 1.54) is 6.08 Å². The summed E-state index contributed by atoms with van der Waals surface area (Å²) in [5.41, 5.74) is 0. The summed E-state index contributed by atoms with van der Waals surface area (Å²) in [6.45, 7) is 4.87. The van der Waals surface area contributed by atoms with Crippen LogP contribution in [0, 0.1) is 0 Å². The van der Waals surface area contributed by atoms with E-state index in [2.05, 4.69) is 11.3 Å². The molecule has 3 heteroatoms. The average molecular weight is 147 g/mol. The Morgan fingerprint density at radius 2 is 2.33 bits per heavy atom. The van der Waals surface area contributed by atoms with Crippen LogP contribution in [0.25, 0.3) is 0 Å². The van der Waals surface area contributed by atoms with Gasteiger partial charge in [0.15, 0.2) is 5.22 Å². The molecule has 0 aliphatic rings. The van der Waals surface area contributed by atoms with Gasteiger partial charge in [-0.05, 0) is 25.1 Å². The van der Waals surface area contributed by atoms with Gasteiger partial charge in [0, 0.05) is 6.08 Å². The third kappa shape index (κ3) is 5.11. The zero-order valence-electron chi connectivity index (χ0n) is 5.06. The molecule has 0 aromatic heterocycles. The Bertz CT molecular complexity index is 149. The van der Waals surface area contributed by atoms with Crippen molar-refractivity contribution in [3.05, 3.63) is 23.9 Å². The van der Waals surface area contributed by atoms with Crippen molar-refractivity contribution in [2.75, 3.05) is 0 Å². The van der Waals surface area contributed by atoms with Gasteiger partial charge in [-0.2, -0.15) is 0 Å². The fraction of sp³-hybridized carbons (Fsp3) is 0.167. The zero-order valence-corrected chi connectivity index (χ0v) is 5.81. The molecule has 0 rings (SSSR count). The number of hydrogen-bond donors (Lipinski definition) is 0. The lowest BCUT2D eigenvalue weighted by Gasteiger charge is -1.92. The predicted octanol–water partition coefficient (Wildman–Crippen LogP) is 1.82. The Morgan fingerprint density at radius 1 is 1.78 bits per heavy atom. The van der Waals surface area contributed by atoms with Crippen molar-refractivity contribution < 1.29 is 9.53 Å². The van der Waals surface area contributed by atoms with Crippen molar-refractivity contribution >= 4 is 17.6 Å². The van der Waals surface area contributed by atoms with Gasteiger partial charge >= 0.3 is 5.97 Å². The summed E-state index contributed by atoms with van der Waals surface area (Å²) in [5.74, 6) is -0.502. The lowest BCUT2D eigenvalue weighted by atomic mass is 10.5. The first kappa shape index (κ1) is 8.24. The van der Waals surface area contributed by atoms with E-state index in [9.17, 15) is 4.79 Å². The molecule has 0 atom stereocenters. The first-order valence-corrected chi connectivity index (χ1v) is 2.73. The SMILES string of the molecule is C=C(Cl)OC(=O)/C=C/C. The molecule has 0 saturated heterocycles. The lowest BCUT2D eigenvalue weighted by Crippen LogP contribution is -1.94. The van der Waals surface area contributed by atoms with Crippen LogP contribution in [0.15, 0.2) is 23.9 Å². The number of ether oxygens (including phenoxy) is 1. The molecular formula is C6H7ClO2. The van der Waals surface area contributed by atoms with E-state index >= 15 is 0 Å². The molecule has 0 N–H and O–H groups in total. The van der Waals surface area contributed by atoms with Gasteiger partial charge in [-0.3, -0.25) is 0 Å². The second-order valence-corrected chi connectivity index (χ2v) is 1.70. The maximum atomic E-state index is 10.4. The fourth-order valence-electron chi connectivity index (χ4n) is 0.279. The molecule has 0 heterocycles. The maximum Gasteiger partial charge on any atom is 0.336 e. The van der Waals surface area contributed by atoms with E-state index in [1.54, 1.807) is 13.0 Å². The molecule has 0 fully saturated rings. The van der Waals surface area contributed by atoms with Crippen molar-refractivity contribution in [3.8, 4) is 0 Å². The largest absolute Gasteiger partial charge is 0.412 e. The number of halogens is 1. The fourth-order valence-corrected chi connectivity index (χ4v) is 0.355. The molecule has 9 heavy (non-hydrogen) atoms. The summed E-state index contributed by atoms with van der Waals surface area (Å²) in [7, 11) is 0. The summed E-state index contributed by atoms with van der Waals surface area (Å²) in [5, 5.41) is -0.113. The van der Waals surface area contributed by atoms with Crippen molar-refractivity contribution in [2.45, 2.75) is 6.92 Å². The van der Waals surface area contributed by atoms with Crippen molar-refractivity contribution in [1.82, 2.24) is 0 Å². The molecular weight excluding hydrogens is 140 g/mol. The first-order valence-electron chi connectivity index (χ1n) is 2.35. The lowest BCUT2D eigenvalue weighted by molar-refractivity contribution is -0.132. The molecule has 0 aromatic carbocycles. The second-order valence-electron chi connectivity index (χ2n) is 1.28. The number of carbonyl (C=O) groups excluding carboxylic acids is 1. The number of hydrogen-bond acceptors (Lipinski definition) is 2. The van der Waals surface area contributed by atoms with Crippen LogP contribution in [0.5, 0.6) is 0 Å². The molecule has 0 aromatic rings. The molecule has 0 aliphatic heterocycles. The van der Waals surface area contributed by atoms with Crippen LogP contribution in [-0.4, -0.2) is 5.97 Å². The quantitative estimate of drug-likeness (QED) is 0.338. The first-order chi connectivity index (χ1) is 4.16. The minimum Gasteiger partial charge on any atom is -0.412 e. The minimum absolute atomic E-state index is 0.113. The van der Waals surface area contributed by atoms with Crippen molar-refractivity contribution in [2.24, 2.45) is 0 Å². The molecule has 0 radical (unpaired) electrons. The Labute approximate surface area is 58.8 Å². The summed E-state index contributed by atoms with van der Waals surface area (Å²) in [6.07, 6.45) is 2.82. The Kier molecular flexibility index (Phi) is 3.80. The van der Waals surface area contributed by atoms with E-state index in [0.717, 1.165) is 0 Å². The van der Waals surface area contributed by atoms with Gasteiger partial charge in [-0.1, -0.05) is 6.08 Å². The minimum atomic E-state index is -0.502. The smallest absolute Gasteiger partial charge is 0.336 e. The van der Waals surface area contributed by atoms with Gasteiger partial charge in [0.2, 0.25) is 0 Å². The third-order valence-electron chi connectivity index (χ3n) is 0.514. The van der Waals surface area contributed by atoms with E-state index < -0.39 is 5.97 Å². The molecule has 2 nitrogen and oxygen atoms in total. The summed E-state index contributed by atoms with van der Waals surface area (Å²) in [4.78, 5) is 10.4. The van der Waals surface area contributed by atoms with Gasteiger partial charge in [0.25, 0.3) is 0 Å². The summed E-state index contributed by atoms with van der Waals surface area (Å²) in [6, 6.07) is 0. The highest BCUT2D eigenvalue weighted by molar-refractivity contribution is 6.28. The van der Waals surface area contributed by atoms with Crippen LogP contribution >= 0.6 is 11.6 Å². The molecule has 0 saturated carbocycles. The van der Waals surface area contributed by atoms with Gasteiger partial charge in [0.1, 0.15) is 0 Å². The molecule has 0 bridgehead atoms. The molecule has 0 spiro atoms. The number of allylic oxidation sites excluding steroid dienone is 1. The molecule has 0 unspecified atom stereocenters. The van der Waals surface area contributed by atoms with E-state index in [-0.39, 0.29) is 5.22 Å². The molecule has 0 aliphatic carbocycles. The highest BCUT2D eigenvalue weighted by Gasteiger charge is 1.94. The van der Waals surface area contributed by atoms with E-state index in [0.29, 0.717) is 0 Å². The monoisotopic (exact) mass is 146 g/mol. The second kappa shape index (κ2) is 4.15. The predicted molar refractivity (Wildman–Crippen MR) is 35.9 cm³/mol. The van der Waals surface area contributed by atoms with Gasteiger partial charge in [-0.25, -0.2) is 4.79 Å². The van der Waals surface area contributed by atoms with Crippen LogP contribution < -0.4 is 0 Å². The number of esters is 1. The standard InChI is InChI=1S/C6H7ClO2/c1-3-4-6(8)9-5(2)7/h3-4H,2H2,1H3/b4-3+. The van der Waals surface area contributed by atoms with Gasteiger partial charge in [0.05, 0.1) is 0 Å². The van der Waals surface area contributed by atoms with Crippen LogP contribution in [0.1, 0.15) is 6.92 Å². The average Bonchev–Trinajstić information content (AvgIpc) is 1.63. The Morgan fingerprint density at radius 3 is 2.67 bits per heavy atom. The zero-order chi connectivity index (χ0) is 7.28. The van der Waals surface area contributed by atoms with Crippen molar-refractivity contribution in [3.63, 3.8) is 0 Å². The van der Waals surface area contributed by atoms with E-state index in [1.807, 2.05) is 0 Å². The Balaban J connectivity index is 3.64. The molecule has 50 valence electrons. The third-order valence-corrected chi connectivity index (χ3v) is 0.591. The summed E-state index contributed by atoms with van der Waals surface area (Å²) < 4.78 is 4.34. The maximum absolute atomic E-state index is 10.4. The highest BCUT2D eigenvalue weighted by Crippen LogP contribution is 1.98. The van der Waals surface area contributed by atoms with Gasteiger partial charge in [-0.15, -0.1) is 0 Å². The van der Waals surface area contributed by atoms with Crippen LogP contribution in [-0.2, 0) is 9.53 Å². The van der Waals surface area contributed by atoms with E-state index in [4.69, 9.17) is 11.6 Å². The highest BCUT2D eigenvalue weighted by atomic mass is 35.5. The van der Waals surface area contributed by atoms with Crippen LogP contribution in [0.3, 0.4) is 0 Å². The van der Waals surface area contributed by atoms with Crippen LogP contribution in [0.4, 0.5) is 0 Å². The Hall–Kier alpha value is -0.760. The number of carbonyl (C=O) groups is 1. The topological polar surface area (TPSA) is 26.3 Å². The van der Waals surface area contributed by atoms with Crippen molar-refractivity contribution in [1.29, 1.82) is 0 Å².